The Morgan fingerprint density at radius 2 is 0.844 bits per heavy atom. The van der Waals surface area contributed by atoms with Crippen LogP contribution in [0.1, 0.15) is 12.8 Å². The van der Waals surface area contributed by atoms with Crippen LogP contribution in [0.3, 0.4) is 0 Å². The Balaban J connectivity index is 1.59. The van der Waals surface area contributed by atoms with Crippen LogP contribution in [0.15, 0.2) is 150 Å². The van der Waals surface area contributed by atoms with Crippen molar-refractivity contribution in [2.24, 2.45) is 0 Å². The van der Waals surface area contributed by atoms with Crippen LogP contribution in [0, 0.1) is 0 Å². The fourth-order valence-electron chi connectivity index (χ4n) is 6.56. The molecule has 0 heterocycles. The summed E-state index contributed by atoms with van der Waals surface area (Å²) in [5.41, 5.74) is 4.70. The molecule has 0 atom stereocenters. The molecule has 0 unspecified atom stereocenters. The van der Waals surface area contributed by atoms with Crippen LogP contribution < -0.4 is 5.63 Å². The molecule has 0 bridgehead atoms. The van der Waals surface area contributed by atoms with Crippen LogP contribution in [0.2, 0.25) is 39.3 Å². The molecule has 0 saturated heterocycles. The Kier molecular flexibility index (Phi) is 9.07. The van der Waals surface area contributed by atoms with E-state index < -0.39 is 37.3 Å². The molecule has 0 aliphatic heterocycles. The number of hydrogen-bond acceptors (Lipinski definition) is 2. The quantitative estimate of drug-likeness (QED) is 0.153. The van der Waals surface area contributed by atoms with Gasteiger partial charge in [0.15, 0.2) is 0 Å². The van der Waals surface area contributed by atoms with E-state index in [0.29, 0.717) is 0 Å². The van der Waals surface area contributed by atoms with E-state index >= 15 is 0 Å². The van der Waals surface area contributed by atoms with Crippen LogP contribution in [0.25, 0.3) is 22.3 Å². The maximum absolute atomic E-state index is 7.67. The zero-order valence-electron chi connectivity index (χ0n) is 27.4. The SMILES string of the molecule is C[Si](C)(C)C1=[C]([Zr]([O]c2cccc(-c3ccccc3)c2)([O]c2cccc(-c3ccccc3)c2)[C]2=C([Si](C)(C)C)C=CC2)CC=C1. The second kappa shape index (κ2) is 12.9. The Hall–Kier alpha value is -3.24. The second-order valence-corrected chi connectivity index (χ2v) is 31.2. The topological polar surface area (TPSA) is 18.5 Å². The van der Waals surface area contributed by atoms with Gasteiger partial charge in [-0.2, -0.15) is 0 Å². The molecule has 0 N–H and O–H groups in total. The van der Waals surface area contributed by atoms with Gasteiger partial charge in [0.25, 0.3) is 0 Å². The minimum atomic E-state index is -4.43. The molecule has 5 heteroatoms. The molecule has 0 aromatic heterocycles. The van der Waals surface area contributed by atoms with E-state index in [9.17, 15) is 0 Å². The third kappa shape index (κ3) is 6.82. The monoisotopic (exact) mass is 702 g/mol. The van der Waals surface area contributed by atoms with Gasteiger partial charge in [-0.15, -0.1) is 0 Å². The van der Waals surface area contributed by atoms with E-state index in [2.05, 4.69) is 173 Å². The van der Waals surface area contributed by atoms with E-state index in [4.69, 9.17) is 5.63 Å². The second-order valence-electron chi connectivity index (χ2n) is 14.1. The van der Waals surface area contributed by atoms with Crippen molar-refractivity contribution in [3.63, 3.8) is 0 Å². The molecule has 2 nitrogen and oxygen atoms in total. The standard InChI is InChI=1S/2C12H10O.2C8H13Si.Zr/c2*13-12-8-4-7-11(9-12)10-5-2-1-3-6-10;2*1-9(2,3)8-6-4-5-7-8;/h2*1-9,13H;2*4,6H,5H2,1-3H3;/q;;;;+2/p-2. The van der Waals surface area contributed by atoms with Gasteiger partial charge >= 0.3 is 279 Å². The average Bonchev–Trinajstić information content (AvgIpc) is 3.74. The van der Waals surface area contributed by atoms with E-state index in [0.717, 1.165) is 35.5 Å². The Labute approximate surface area is 277 Å². The third-order valence-electron chi connectivity index (χ3n) is 8.68. The summed E-state index contributed by atoms with van der Waals surface area (Å²) in [6.07, 6.45) is 11.3. The molecular formula is C40H44O2Si2Zr. The van der Waals surface area contributed by atoms with Crippen LogP contribution >= 0.6 is 0 Å². The van der Waals surface area contributed by atoms with Gasteiger partial charge < -0.3 is 0 Å². The predicted molar refractivity (Wildman–Crippen MR) is 193 cm³/mol. The first-order valence-electron chi connectivity index (χ1n) is 16.0. The molecule has 228 valence electrons. The number of rotatable bonds is 10. The van der Waals surface area contributed by atoms with Crippen molar-refractivity contribution in [3.8, 4) is 33.8 Å². The van der Waals surface area contributed by atoms with Gasteiger partial charge in [0.1, 0.15) is 0 Å². The van der Waals surface area contributed by atoms with Crippen molar-refractivity contribution >= 4 is 16.1 Å². The molecule has 0 saturated carbocycles. The number of hydrogen-bond donors (Lipinski definition) is 0. The van der Waals surface area contributed by atoms with Gasteiger partial charge in [0.2, 0.25) is 0 Å². The summed E-state index contributed by atoms with van der Waals surface area (Å²) in [5, 5.41) is 3.01. The van der Waals surface area contributed by atoms with Gasteiger partial charge in [-0.25, -0.2) is 0 Å². The van der Waals surface area contributed by atoms with Crippen LogP contribution in [0.5, 0.6) is 11.5 Å². The Bertz CT molecular complexity index is 1670. The first-order valence-corrected chi connectivity index (χ1v) is 27.5. The summed E-state index contributed by atoms with van der Waals surface area (Å²) in [7, 11) is -3.45. The molecule has 0 fully saturated rings. The van der Waals surface area contributed by atoms with Gasteiger partial charge in [-0.3, -0.25) is 0 Å². The normalized spacial score (nSPS) is 15.2. The fraction of sp³-hybridized carbons (Fsp3) is 0.200. The molecule has 6 rings (SSSR count). The average molecular weight is 704 g/mol. The molecule has 4 aromatic rings. The molecule has 4 aromatic carbocycles. The summed E-state index contributed by atoms with van der Waals surface area (Å²) >= 11 is -4.43. The molecule has 0 radical (unpaired) electrons. The van der Waals surface area contributed by atoms with Gasteiger partial charge in [0, 0.05) is 0 Å². The van der Waals surface area contributed by atoms with Crippen LogP contribution in [-0.2, 0) is 21.1 Å². The van der Waals surface area contributed by atoms with Gasteiger partial charge in [-0.05, 0) is 0 Å². The summed E-state index contributed by atoms with van der Waals surface area (Å²) in [4.78, 5) is 0. The zero-order chi connectivity index (χ0) is 31.7. The molecule has 2 aliphatic carbocycles. The summed E-state index contributed by atoms with van der Waals surface area (Å²) < 4.78 is 18.2. The van der Waals surface area contributed by atoms with Crippen LogP contribution in [0.4, 0.5) is 0 Å². The molecule has 0 spiro atoms. The third-order valence-corrected chi connectivity index (χ3v) is 22.9. The summed E-state index contributed by atoms with van der Waals surface area (Å²) in [5.74, 6) is 1.80. The Morgan fingerprint density at radius 3 is 1.22 bits per heavy atom. The van der Waals surface area contributed by atoms with Crippen molar-refractivity contribution in [2.75, 3.05) is 0 Å². The summed E-state index contributed by atoms with van der Waals surface area (Å²) in [6, 6.07) is 38.5. The van der Waals surface area contributed by atoms with E-state index in [1.807, 2.05) is 0 Å². The predicted octanol–water partition coefficient (Wildman–Crippen LogP) is 11.6. The number of allylic oxidation sites excluding steroid dienone is 8. The van der Waals surface area contributed by atoms with Crippen molar-refractivity contribution in [1.82, 2.24) is 0 Å². The fourth-order valence-corrected chi connectivity index (χ4v) is 25.8. The van der Waals surface area contributed by atoms with Gasteiger partial charge in [-0.1, -0.05) is 0 Å². The van der Waals surface area contributed by atoms with E-state index in [1.54, 1.807) is 0 Å². The van der Waals surface area contributed by atoms with E-state index in [-0.39, 0.29) is 0 Å². The van der Waals surface area contributed by atoms with Crippen molar-refractivity contribution in [3.05, 3.63) is 150 Å². The zero-order valence-corrected chi connectivity index (χ0v) is 31.9. The molecule has 45 heavy (non-hydrogen) atoms. The van der Waals surface area contributed by atoms with Gasteiger partial charge in [0.05, 0.1) is 0 Å². The van der Waals surface area contributed by atoms with Crippen molar-refractivity contribution in [2.45, 2.75) is 52.1 Å². The molecular weight excluding hydrogens is 660 g/mol. The van der Waals surface area contributed by atoms with E-state index in [1.165, 1.54) is 28.1 Å². The van der Waals surface area contributed by atoms with Crippen molar-refractivity contribution in [1.29, 1.82) is 0 Å². The minimum absolute atomic E-state index is 0.898. The first-order chi connectivity index (χ1) is 21.5. The Morgan fingerprint density at radius 1 is 0.467 bits per heavy atom. The molecule has 0 amide bonds. The first kappa shape index (κ1) is 31.7. The molecule has 2 aliphatic rings. The van der Waals surface area contributed by atoms with Crippen LogP contribution in [-0.4, -0.2) is 16.1 Å². The summed E-state index contributed by atoms with van der Waals surface area (Å²) in [6.45, 7) is 14.8. The van der Waals surface area contributed by atoms with Crippen molar-refractivity contribution < 1.29 is 26.8 Å². The maximum atomic E-state index is 7.67. The number of benzene rings is 4.